The summed E-state index contributed by atoms with van der Waals surface area (Å²) >= 11 is 1.60. The fourth-order valence-corrected chi connectivity index (χ4v) is 3.89. The second-order valence-corrected chi connectivity index (χ2v) is 7.37. The fraction of sp³-hybridized carbons (Fsp3) is 0.263. The van der Waals surface area contributed by atoms with Crippen LogP contribution < -0.4 is 16.4 Å². The van der Waals surface area contributed by atoms with Crippen LogP contribution in [0.1, 0.15) is 17.7 Å². The van der Waals surface area contributed by atoms with Crippen LogP contribution in [0.2, 0.25) is 0 Å². The minimum atomic E-state index is 0.221. The van der Waals surface area contributed by atoms with Gasteiger partial charge in [0.1, 0.15) is 0 Å². The van der Waals surface area contributed by atoms with Crippen LogP contribution in [-0.2, 0) is 0 Å². The van der Waals surface area contributed by atoms with Crippen molar-refractivity contribution in [2.45, 2.75) is 19.4 Å². The lowest BCUT2D eigenvalue weighted by molar-refractivity contribution is 0.739. The summed E-state index contributed by atoms with van der Waals surface area (Å²) in [5.74, 6) is 0.392. The number of nitrogens with one attached hydrogen (secondary N) is 2. The highest BCUT2D eigenvalue weighted by Gasteiger charge is 2.19. The number of aliphatic imine (C=N–C) groups is 1. The molecule has 1 aliphatic rings. The molecule has 2 aromatic heterocycles. The molecule has 0 spiro atoms. The van der Waals surface area contributed by atoms with Gasteiger partial charge < -0.3 is 16.4 Å². The van der Waals surface area contributed by atoms with E-state index in [0.29, 0.717) is 11.7 Å². The first kappa shape index (κ1) is 16.8. The number of fused-ring (bicyclic) bond motifs is 1. The Morgan fingerprint density at radius 3 is 2.96 bits per heavy atom. The van der Waals surface area contributed by atoms with Crippen molar-refractivity contribution in [1.29, 1.82) is 0 Å². The zero-order valence-corrected chi connectivity index (χ0v) is 15.5. The minimum Gasteiger partial charge on any atom is -0.370 e. The van der Waals surface area contributed by atoms with Gasteiger partial charge in [-0.15, -0.1) is 11.3 Å². The Morgan fingerprint density at radius 2 is 2.23 bits per heavy atom. The van der Waals surface area contributed by atoms with Crippen LogP contribution in [0.15, 0.2) is 47.4 Å². The maximum atomic E-state index is 6.11. The van der Waals surface area contributed by atoms with Gasteiger partial charge in [0.2, 0.25) is 0 Å². The standard InChI is InChI=1S/C19H22N6S/c1-12-3-5-14(6-4-12)16-17(25-9-10-26-19(25)24-16)13(2)22-18(20)23-15-7-8-21-11-15/h3-6,9-10,15,21H,2,7-8,11H2,1H3,(H3,20,22,23)/t15-/m1/s1. The summed E-state index contributed by atoms with van der Waals surface area (Å²) in [5, 5.41) is 8.46. The van der Waals surface area contributed by atoms with E-state index in [1.165, 1.54) is 5.56 Å². The molecule has 4 N–H and O–H groups in total. The zero-order chi connectivity index (χ0) is 18.1. The highest BCUT2D eigenvalue weighted by atomic mass is 32.1. The predicted octanol–water partition coefficient (Wildman–Crippen LogP) is 2.61. The third-order valence-corrected chi connectivity index (χ3v) is 5.26. The highest BCUT2D eigenvalue weighted by Crippen LogP contribution is 2.30. The number of thiazole rings is 1. The van der Waals surface area contributed by atoms with E-state index in [9.17, 15) is 0 Å². The molecule has 26 heavy (non-hydrogen) atoms. The van der Waals surface area contributed by atoms with Gasteiger partial charge in [-0.1, -0.05) is 36.4 Å². The summed E-state index contributed by atoms with van der Waals surface area (Å²) in [6, 6.07) is 8.57. The number of nitrogens with two attached hydrogens (primary N) is 1. The van der Waals surface area contributed by atoms with Gasteiger partial charge in [-0.3, -0.25) is 4.40 Å². The molecule has 7 heteroatoms. The smallest absolute Gasteiger partial charge is 0.194 e. The van der Waals surface area contributed by atoms with E-state index in [4.69, 9.17) is 10.7 Å². The highest BCUT2D eigenvalue weighted by molar-refractivity contribution is 7.15. The summed E-state index contributed by atoms with van der Waals surface area (Å²) in [6.45, 7) is 8.13. The van der Waals surface area contributed by atoms with Crippen LogP contribution in [0.5, 0.6) is 0 Å². The molecule has 3 heterocycles. The van der Waals surface area contributed by atoms with Gasteiger partial charge in [0, 0.05) is 23.7 Å². The number of aryl methyl sites for hydroxylation is 1. The number of hydrogen-bond donors (Lipinski definition) is 3. The second kappa shape index (κ2) is 6.93. The molecule has 1 saturated heterocycles. The fourth-order valence-electron chi connectivity index (χ4n) is 3.18. The van der Waals surface area contributed by atoms with Crippen LogP contribution in [0, 0.1) is 6.92 Å². The van der Waals surface area contributed by atoms with Crippen molar-refractivity contribution in [1.82, 2.24) is 20.0 Å². The number of imidazole rings is 1. The molecule has 0 saturated carbocycles. The number of guanidine groups is 1. The normalized spacial score (nSPS) is 17.7. The van der Waals surface area contributed by atoms with E-state index in [2.05, 4.69) is 53.4 Å². The number of rotatable bonds is 4. The van der Waals surface area contributed by atoms with E-state index in [0.717, 1.165) is 41.4 Å². The Kier molecular flexibility index (Phi) is 4.48. The Hall–Kier alpha value is -2.64. The lowest BCUT2D eigenvalue weighted by Crippen LogP contribution is -2.32. The predicted molar refractivity (Wildman–Crippen MR) is 108 cm³/mol. The molecule has 0 aliphatic carbocycles. The van der Waals surface area contributed by atoms with Crippen molar-refractivity contribution in [3.05, 3.63) is 53.7 Å². The summed E-state index contributed by atoms with van der Waals surface area (Å²) < 4.78 is 2.04. The Labute approximate surface area is 156 Å². The summed E-state index contributed by atoms with van der Waals surface area (Å²) in [6.07, 6.45) is 3.01. The Balaban J connectivity index is 1.68. The molecule has 4 rings (SSSR count). The lowest BCUT2D eigenvalue weighted by Gasteiger charge is -2.12. The van der Waals surface area contributed by atoms with E-state index in [1.54, 1.807) is 11.3 Å². The molecule has 0 bridgehead atoms. The molecule has 1 aliphatic heterocycles. The first-order valence-corrected chi connectivity index (χ1v) is 9.52. The quantitative estimate of drug-likeness (QED) is 0.490. The third-order valence-electron chi connectivity index (χ3n) is 4.51. The molecule has 0 radical (unpaired) electrons. The Bertz CT molecular complexity index is 960. The van der Waals surface area contributed by atoms with Crippen molar-refractivity contribution in [3.8, 4) is 11.3 Å². The van der Waals surface area contributed by atoms with Crippen LogP contribution >= 0.6 is 11.3 Å². The third kappa shape index (κ3) is 3.23. The van der Waals surface area contributed by atoms with Crippen LogP contribution in [0.3, 0.4) is 0 Å². The molecule has 134 valence electrons. The molecule has 0 amide bonds. The van der Waals surface area contributed by atoms with Crippen LogP contribution in [0.4, 0.5) is 0 Å². The van der Waals surface area contributed by atoms with Crippen molar-refractivity contribution < 1.29 is 0 Å². The number of nitrogens with zero attached hydrogens (tertiary/aromatic N) is 3. The first-order chi connectivity index (χ1) is 12.6. The topological polar surface area (TPSA) is 79.7 Å². The van der Waals surface area contributed by atoms with Crippen molar-refractivity contribution >= 4 is 28.0 Å². The van der Waals surface area contributed by atoms with Crippen molar-refractivity contribution in [2.24, 2.45) is 10.7 Å². The Morgan fingerprint density at radius 1 is 1.42 bits per heavy atom. The van der Waals surface area contributed by atoms with Gasteiger partial charge in [-0.05, 0) is 19.9 Å². The molecule has 6 nitrogen and oxygen atoms in total. The van der Waals surface area contributed by atoms with E-state index >= 15 is 0 Å². The van der Waals surface area contributed by atoms with Crippen LogP contribution in [0.25, 0.3) is 21.9 Å². The lowest BCUT2D eigenvalue weighted by atomic mass is 10.1. The number of aromatic nitrogens is 2. The first-order valence-electron chi connectivity index (χ1n) is 8.64. The van der Waals surface area contributed by atoms with E-state index < -0.39 is 0 Å². The average molecular weight is 366 g/mol. The van der Waals surface area contributed by atoms with Crippen molar-refractivity contribution in [3.63, 3.8) is 0 Å². The van der Waals surface area contributed by atoms with E-state index in [1.807, 2.05) is 16.0 Å². The van der Waals surface area contributed by atoms with Gasteiger partial charge in [0.05, 0.1) is 23.1 Å². The monoisotopic (exact) mass is 366 g/mol. The molecular weight excluding hydrogens is 344 g/mol. The number of benzene rings is 1. The summed E-state index contributed by atoms with van der Waals surface area (Å²) in [4.78, 5) is 10.3. The molecular formula is C19H22N6S. The molecule has 1 aromatic carbocycles. The molecule has 1 atom stereocenters. The second-order valence-electron chi connectivity index (χ2n) is 6.50. The minimum absolute atomic E-state index is 0.221. The van der Waals surface area contributed by atoms with E-state index in [-0.39, 0.29) is 6.04 Å². The molecule has 3 aromatic rings. The SMILES string of the molecule is C=C(NC(N)=N[C@@H]1CCNC1)c1c(-c2ccc(C)cc2)nc2sccn12. The van der Waals surface area contributed by atoms with Crippen molar-refractivity contribution in [2.75, 3.05) is 13.1 Å². The van der Waals surface area contributed by atoms with Gasteiger partial charge >= 0.3 is 0 Å². The maximum Gasteiger partial charge on any atom is 0.194 e. The average Bonchev–Trinajstić information content (AvgIpc) is 3.31. The molecule has 0 unspecified atom stereocenters. The molecule has 1 fully saturated rings. The summed E-state index contributed by atoms with van der Waals surface area (Å²) in [5.41, 5.74) is 10.9. The zero-order valence-electron chi connectivity index (χ0n) is 14.7. The van der Waals surface area contributed by atoms with Gasteiger partial charge in [0.25, 0.3) is 0 Å². The maximum absolute atomic E-state index is 6.11. The van der Waals surface area contributed by atoms with Gasteiger partial charge in [0.15, 0.2) is 10.9 Å². The largest absolute Gasteiger partial charge is 0.370 e. The van der Waals surface area contributed by atoms with Crippen LogP contribution in [-0.4, -0.2) is 34.5 Å². The number of hydrogen-bond acceptors (Lipinski definition) is 4. The van der Waals surface area contributed by atoms with Gasteiger partial charge in [-0.2, -0.15) is 0 Å². The summed E-state index contributed by atoms with van der Waals surface area (Å²) in [7, 11) is 0. The van der Waals surface area contributed by atoms with Gasteiger partial charge in [-0.25, -0.2) is 9.98 Å².